The van der Waals surface area contributed by atoms with Crippen molar-refractivity contribution in [2.24, 2.45) is 34.8 Å². The SMILES string of the molecule is CCN(C(C)(C)C(=O)CC1C2CC3CC1CC(C(N)=O)(C3)C2)S(=O)(=O)c1ccccc1[N+](=O)[O-]. The van der Waals surface area contributed by atoms with Crippen molar-refractivity contribution < 1.29 is 22.9 Å². The molecule has 186 valence electrons. The normalized spacial score (nSPS) is 30.5. The van der Waals surface area contributed by atoms with Gasteiger partial charge in [-0.15, -0.1) is 0 Å². The van der Waals surface area contributed by atoms with Gasteiger partial charge in [0.15, 0.2) is 10.7 Å². The molecular formula is C24H33N3O6S. The summed E-state index contributed by atoms with van der Waals surface area (Å²) in [7, 11) is -4.30. The van der Waals surface area contributed by atoms with E-state index in [4.69, 9.17) is 5.73 Å². The largest absolute Gasteiger partial charge is 0.369 e. The Morgan fingerprint density at radius 1 is 1.18 bits per heavy atom. The van der Waals surface area contributed by atoms with Crippen LogP contribution in [0.3, 0.4) is 0 Å². The molecule has 1 aromatic rings. The number of nitrogens with zero attached hydrogens (tertiary/aromatic N) is 2. The van der Waals surface area contributed by atoms with E-state index in [1.807, 2.05) is 0 Å². The molecule has 0 spiro atoms. The van der Waals surface area contributed by atoms with Crippen molar-refractivity contribution in [1.82, 2.24) is 4.31 Å². The van der Waals surface area contributed by atoms with Crippen LogP contribution in [0, 0.1) is 39.2 Å². The molecule has 2 unspecified atom stereocenters. The predicted octanol–water partition coefficient (Wildman–Crippen LogP) is 3.27. The van der Waals surface area contributed by atoms with Gasteiger partial charge in [0, 0.05) is 24.4 Å². The minimum Gasteiger partial charge on any atom is -0.369 e. The van der Waals surface area contributed by atoms with Gasteiger partial charge in [-0.05, 0) is 75.7 Å². The number of nitro benzene ring substituents is 1. The van der Waals surface area contributed by atoms with Crippen LogP contribution < -0.4 is 5.73 Å². The summed E-state index contributed by atoms with van der Waals surface area (Å²) in [5, 5.41) is 11.5. The fourth-order valence-corrected chi connectivity index (χ4v) is 9.12. The van der Waals surface area contributed by atoms with Crippen molar-refractivity contribution >= 4 is 27.4 Å². The number of Topliss-reactive ketones (excluding diaryl/α,β-unsaturated/α-hetero) is 1. The van der Waals surface area contributed by atoms with E-state index in [1.54, 1.807) is 20.8 Å². The third-order valence-corrected chi connectivity index (χ3v) is 10.8. The fraction of sp³-hybridized carbons (Fsp3) is 0.667. The summed E-state index contributed by atoms with van der Waals surface area (Å²) in [5.41, 5.74) is 3.43. The molecule has 2 atom stereocenters. The molecule has 4 bridgehead atoms. The smallest absolute Gasteiger partial charge is 0.289 e. The van der Waals surface area contributed by atoms with Gasteiger partial charge >= 0.3 is 0 Å². The lowest BCUT2D eigenvalue weighted by Crippen LogP contribution is -2.58. The van der Waals surface area contributed by atoms with Gasteiger partial charge < -0.3 is 5.73 Å². The highest BCUT2D eigenvalue weighted by Crippen LogP contribution is 2.63. The number of hydrogen-bond donors (Lipinski definition) is 1. The van der Waals surface area contributed by atoms with E-state index in [0.717, 1.165) is 29.6 Å². The van der Waals surface area contributed by atoms with Crippen molar-refractivity contribution in [3.8, 4) is 0 Å². The van der Waals surface area contributed by atoms with Crippen LogP contribution in [0.1, 0.15) is 59.3 Å². The molecule has 4 fully saturated rings. The Morgan fingerprint density at radius 2 is 1.76 bits per heavy atom. The average molecular weight is 492 g/mol. The lowest BCUT2D eigenvalue weighted by molar-refractivity contribution is -0.387. The number of benzene rings is 1. The Labute approximate surface area is 200 Å². The fourth-order valence-electron chi connectivity index (χ4n) is 7.18. The van der Waals surface area contributed by atoms with E-state index in [-0.39, 0.29) is 42.4 Å². The van der Waals surface area contributed by atoms with Crippen LogP contribution >= 0.6 is 0 Å². The molecule has 4 aliphatic rings. The summed E-state index contributed by atoms with van der Waals surface area (Å²) in [6.45, 7) is 4.77. The molecule has 4 saturated carbocycles. The second kappa shape index (κ2) is 8.41. The third kappa shape index (κ3) is 3.84. The molecule has 0 saturated heterocycles. The molecule has 0 aromatic heterocycles. The van der Waals surface area contributed by atoms with Crippen molar-refractivity contribution in [1.29, 1.82) is 0 Å². The van der Waals surface area contributed by atoms with Gasteiger partial charge in [0.2, 0.25) is 5.91 Å². The maximum atomic E-state index is 13.6. The quantitative estimate of drug-likeness (QED) is 0.415. The first-order valence-electron chi connectivity index (χ1n) is 11.9. The zero-order chi connectivity index (χ0) is 25.1. The Morgan fingerprint density at radius 3 is 2.29 bits per heavy atom. The second-order valence-electron chi connectivity index (χ2n) is 10.9. The van der Waals surface area contributed by atoms with E-state index in [2.05, 4.69) is 0 Å². The summed E-state index contributed by atoms with van der Waals surface area (Å²) >= 11 is 0. The molecule has 0 heterocycles. The van der Waals surface area contributed by atoms with Crippen molar-refractivity contribution in [2.45, 2.75) is 69.7 Å². The van der Waals surface area contributed by atoms with Crippen LogP contribution in [0.2, 0.25) is 0 Å². The number of carbonyl (C=O) groups is 2. The molecule has 4 aliphatic carbocycles. The first-order chi connectivity index (χ1) is 15.8. The number of ketones is 1. The number of rotatable bonds is 9. The Kier molecular flexibility index (Phi) is 6.13. The molecule has 10 heteroatoms. The number of carbonyl (C=O) groups excluding carboxylic acids is 2. The maximum absolute atomic E-state index is 13.6. The minimum absolute atomic E-state index is 0.00247. The van der Waals surface area contributed by atoms with Gasteiger partial charge in [0.25, 0.3) is 15.7 Å². The predicted molar refractivity (Wildman–Crippen MR) is 125 cm³/mol. The summed E-state index contributed by atoms with van der Waals surface area (Å²) in [6.07, 6.45) is 4.46. The highest BCUT2D eigenvalue weighted by molar-refractivity contribution is 7.89. The van der Waals surface area contributed by atoms with Crippen molar-refractivity contribution in [3.05, 3.63) is 34.4 Å². The highest BCUT2D eigenvalue weighted by atomic mass is 32.2. The van der Waals surface area contributed by atoms with Gasteiger partial charge in [-0.2, -0.15) is 4.31 Å². The number of nitro groups is 1. The standard InChI is InChI=1S/C24H33N3O6S/c1-4-26(34(32,33)20-8-6-5-7-19(20)27(30)31)23(2,3)21(28)11-18-16-9-15-10-17(18)14-24(12-15,13-16)22(25)29/h5-8,15-18H,4,9-14H2,1-3H3,(H2,25,29). The molecule has 1 amide bonds. The van der Waals surface area contributed by atoms with Crippen LogP contribution in [0.5, 0.6) is 0 Å². The first kappa shape index (κ1) is 24.8. The lowest BCUT2D eigenvalue weighted by atomic mass is 9.45. The number of para-hydroxylation sites is 1. The molecular weight excluding hydrogens is 458 g/mol. The molecule has 0 aliphatic heterocycles. The van der Waals surface area contributed by atoms with E-state index < -0.39 is 36.5 Å². The molecule has 9 nitrogen and oxygen atoms in total. The molecule has 0 radical (unpaired) electrons. The van der Waals surface area contributed by atoms with Gasteiger partial charge in [0.1, 0.15) is 0 Å². The lowest BCUT2D eigenvalue weighted by Gasteiger charge is -2.59. The molecule has 34 heavy (non-hydrogen) atoms. The topological polar surface area (TPSA) is 141 Å². The van der Waals surface area contributed by atoms with E-state index in [1.165, 1.54) is 18.2 Å². The average Bonchev–Trinajstić information content (AvgIpc) is 2.75. The zero-order valence-electron chi connectivity index (χ0n) is 19.9. The Bertz CT molecular complexity index is 1120. The number of hydrogen-bond acceptors (Lipinski definition) is 6. The van der Waals surface area contributed by atoms with Crippen LogP contribution in [0.15, 0.2) is 29.2 Å². The number of primary amides is 1. The monoisotopic (exact) mass is 491 g/mol. The molecule has 2 N–H and O–H groups in total. The van der Waals surface area contributed by atoms with Gasteiger partial charge in [-0.1, -0.05) is 19.1 Å². The summed E-state index contributed by atoms with van der Waals surface area (Å²) in [4.78, 5) is 36.2. The third-order valence-electron chi connectivity index (χ3n) is 8.64. The summed E-state index contributed by atoms with van der Waals surface area (Å²) in [6, 6.07) is 5.21. The van der Waals surface area contributed by atoms with E-state index >= 15 is 0 Å². The highest BCUT2D eigenvalue weighted by Gasteiger charge is 2.58. The number of likely N-dealkylation sites (N-methyl/N-ethyl adjacent to an activating group) is 1. The first-order valence-corrected chi connectivity index (χ1v) is 13.4. The minimum atomic E-state index is -4.30. The van der Waals surface area contributed by atoms with Gasteiger partial charge in [-0.25, -0.2) is 8.42 Å². The molecule has 1 aromatic carbocycles. The van der Waals surface area contributed by atoms with Gasteiger partial charge in [-0.3, -0.25) is 19.7 Å². The molecule has 5 rings (SSSR count). The number of amides is 1. The van der Waals surface area contributed by atoms with Gasteiger partial charge in [0.05, 0.1) is 10.5 Å². The van der Waals surface area contributed by atoms with Crippen LogP contribution in [-0.2, 0) is 19.6 Å². The maximum Gasteiger partial charge on any atom is 0.289 e. The van der Waals surface area contributed by atoms with Crippen molar-refractivity contribution in [2.75, 3.05) is 6.54 Å². The van der Waals surface area contributed by atoms with Crippen molar-refractivity contribution in [3.63, 3.8) is 0 Å². The zero-order valence-corrected chi connectivity index (χ0v) is 20.7. The second-order valence-corrected chi connectivity index (χ2v) is 12.7. The van der Waals surface area contributed by atoms with E-state index in [0.29, 0.717) is 18.8 Å². The number of nitrogens with two attached hydrogens (primary N) is 1. The summed E-state index contributed by atoms with van der Waals surface area (Å²) in [5.74, 6) is 0.603. The Balaban J connectivity index is 1.59. The van der Waals surface area contributed by atoms with Crippen LogP contribution in [0.25, 0.3) is 0 Å². The van der Waals surface area contributed by atoms with Crippen LogP contribution in [0.4, 0.5) is 5.69 Å². The summed E-state index contributed by atoms with van der Waals surface area (Å²) < 4.78 is 28.1. The number of sulfonamides is 1. The van der Waals surface area contributed by atoms with Crippen LogP contribution in [-0.4, -0.2) is 41.4 Å². The van der Waals surface area contributed by atoms with E-state index in [9.17, 15) is 28.1 Å². The Hall–Kier alpha value is -2.33.